The highest BCUT2D eigenvalue weighted by Crippen LogP contribution is 2.30. The van der Waals surface area contributed by atoms with Gasteiger partial charge in [-0.25, -0.2) is 0 Å². The molecule has 29 heavy (non-hydrogen) atoms. The molecule has 10 nitrogen and oxygen atoms in total. The number of Topliss-reactive ketones (excluding diaryl/α,β-unsaturated/α-hetero) is 1. The van der Waals surface area contributed by atoms with Crippen molar-refractivity contribution in [3.63, 3.8) is 0 Å². The van der Waals surface area contributed by atoms with Crippen LogP contribution in [0.5, 0.6) is 11.5 Å². The molecule has 154 valence electrons. The van der Waals surface area contributed by atoms with E-state index in [1.54, 1.807) is 37.2 Å². The van der Waals surface area contributed by atoms with Crippen molar-refractivity contribution in [2.75, 3.05) is 37.9 Å². The second-order valence-electron chi connectivity index (χ2n) is 6.60. The number of fused-ring (bicyclic) bond motifs is 1. The van der Waals surface area contributed by atoms with Crippen LogP contribution in [-0.4, -0.2) is 54.0 Å². The number of nitrogens with zero attached hydrogens (tertiary/aromatic N) is 4. The number of rotatable bonds is 7. The maximum atomic E-state index is 12.4. The van der Waals surface area contributed by atoms with Gasteiger partial charge in [-0.15, -0.1) is 0 Å². The van der Waals surface area contributed by atoms with E-state index in [0.717, 1.165) is 6.42 Å². The average molecular weight is 401 g/mol. The number of nitrogen functional groups attached to an aromatic ring is 1. The molecule has 1 aromatic carbocycles. The Kier molecular flexibility index (Phi) is 6.43. The van der Waals surface area contributed by atoms with Crippen LogP contribution in [0.1, 0.15) is 35.4 Å². The summed E-state index contributed by atoms with van der Waals surface area (Å²) in [7, 11) is 3.52. The summed E-state index contributed by atoms with van der Waals surface area (Å²) in [5.41, 5.74) is 6.09. The summed E-state index contributed by atoms with van der Waals surface area (Å²) in [6, 6.07) is 5.02. The molecule has 1 aliphatic rings. The molecule has 0 amide bonds. The minimum atomic E-state index is -0.530. The van der Waals surface area contributed by atoms with Crippen LogP contribution in [0.3, 0.4) is 0 Å². The van der Waals surface area contributed by atoms with Gasteiger partial charge in [-0.3, -0.25) is 9.59 Å². The Morgan fingerprint density at radius 3 is 2.62 bits per heavy atom. The molecule has 2 N–H and O–H groups in total. The fourth-order valence-electron chi connectivity index (χ4n) is 2.60. The molecule has 0 bridgehead atoms. The zero-order valence-corrected chi connectivity index (χ0v) is 16.4. The average Bonchev–Trinajstić information content (AvgIpc) is 2.94. The van der Waals surface area contributed by atoms with Crippen LogP contribution in [-0.2, 0) is 16.1 Å². The van der Waals surface area contributed by atoms with Gasteiger partial charge in [0, 0.05) is 32.5 Å². The molecule has 0 unspecified atom stereocenters. The molecule has 0 aliphatic carbocycles. The highest BCUT2D eigenvalue weighted by atomic mass is 16.5. The fourth-order valence-corrected chi connectivity index (χ4v) is 2.60. The Bertz CT molecular complexity index is 903. The first-order chi connectivity index (χ1) is 13.9. The fraction of sp³-hybridized carbons (Fsp3) is 0.421. The predicted octanol–water partition coefficient (Wildman–Crippen LogP) is 1.39. The van der Waals surface area contributed by atoms with E-state index < -0.39 is 5.97 Å². The SMILES string of the molecule is CN(C)c1nc(N)nc(COC(=O)CCC(=O)c2ccc3c(c2)OCCCO3)n1. The molecule has 0 saturated carbocycles. The quantitative estimate of drug-likeness (QED) is 0.536. The van der Waals surface area contributed by atoms with Gasteiger partial charge >= 0.3 is 5.97 Å². The van der Waals surface area contributed by atoms with Gasteiger partial charge in [0.1, 0.15) is 0 Å². The summed E-state index contributed by atoms with van der Waals surface area (Å²) >= 11 is 0. The van der Waals surface area contributed by atoms with Gasteiger partial charge in [-0.05, 0) is 18.2 Å². The lowest BCUT2D eigenvalue weighted by molar-refractivity contribution is -0.145. The van der Waals surface area contributed by atoms with Crippen LogP contribution in [0.25, 0.3) is 0 Å². The molecular weight excluding hydrogens is 378 g/mol. The van der Waals surface area contributed by atoms with Crippen LogP contribution in [0.2, 0.25) is 0 Å². The maximum Gasteiger partial charge on any atom is 0.306 e. The Morgan fingerprint density at radius 1 is 1.10 bits per heavy atom. The molecule has 2 aromatic rings. The van der Waals surface area contributed by atoms with E-state index in [2.05, 4.69) is 15.0 Å². The predicted molar refractivity (Wildman–Crippen MR) is 104 cm³/mol. The standard InChI is InChI=1S/C19H23N5O5/c1-24(2)19-22-16(21-18(20)23-19)11-29-17(26)7-5-13(25)12-4-6-14-15(10-12)28-9-3-8-27-14/h4,6,10H,3,5,7-9,11H2,1-2H3,(H2,20,21,22,23). The lowest BCUT2D eigenvalue weighted by atomic mass is 10.1. The van der Waals surface area contributed by atoms with Gasteiger partial charge in [-0.2, -0.15) is 15.0 Å². The van der Waals surface area contributed by atoms with Crippen LogP contribution in [0.4, 0.5) is 11.9 Å². The molecule has 10 heteroatoms. The largest absolute Gasteiger partial charge is 0.490 e. The number of carbonyl (C=O) groups is 2. The highest BCUT2D eigenvalue weighted by molar-refractivity contribution is 5.98. The number of anilines is 2. The third kappa shape index (κ3) is 5.53. The van der Waals surface area contributed by atoms with Crippen molar-refractivity contribution in [1.29, 1.82) is 0 Å². The van der Waals surface area contributed by atoms with Crippen LogP contribution in [0, 0.1) is 0 Å². The van der Waals surface area contributed by atoms with Gasteiger partial charge in [0.15, 0.2) is 29.7 Å². The van der Waals surface area contributed by atoms with E-state index in [1.807, 2.05) is 0 Å². The maximum absolute atomic E-state index is 12.4. The van der Waals surface area contributed by atoms with E-state index in [4.69, 9.17) is 19.9 Å². The summed E-state index contributed by atoms with van der Waals surface area (Å²) in [5.74, 6) is 1.10. The van der Waals surface area contributed by atoms with Gasteiger partial charge < -0.3 is 24.8 Å². The number of ketones is 1. The lowest BCUT2D eigenvalue weighted by Crippen LogP contribution is -2.17. The summed E-state index contributed by atoms with van der Waals surface area (Å²) < 4.78 is 16.3. The smallest absolute Gasteiger partial charge is 0.306 e. The van der Waals surface area contributed by atoms with E-state index in [1.165, 1.54) is 0 Å². The van der Waals surface area contributed by atoms with Crippen molar-refractivity contribution in [3.8, 4) is 11.5 Å². The van der Waals surface area contributed by atoms with Gasteiger partial charge in [0.2, 0.25) is 11.9 Å². The molecule has 0 atom stereocenters. The van der Waals surface area contributed by atoms with E-state index >= 15 is 0 Å². The second kappa shape index (κ2) is 9.18. The molecule has 0 saturated heterocycles. The lowest BCUT2D eigenvalue weighted by Gasteiger charge is -2.11. The molecule has 3 rings (SSSR count). The Morgan fingerprint density at radius 2 is 1.86 bits per heavy atom. The van der Waals surface area contributed by atoms with Crippen molar-refractivity contribution in [2.24, 2.45) is 0 Å². The van der Waals surface area contributed by atoms with E-state index in [-0.39, 0.29) is 37.0 Å². The molecule has 1 aromatic heterocycles. The molecular formula is C19H23N5O5. The molecule has 2 heterocycles. The highest BCUT2D eigenvalue weighted by Gasteiger charge is 2.16. The molecule has 0 spiro atoms. The van der Waals surface area contributed by atoms with Crippen LogP contribution < -0.4 is 20.1 Å². The van der Waals surface area contributed by atoms with Gasteiger partial charge in [0.25, 0.3) is 0 Å². The normalized spacial score (nSPS) is 12.8. The van der Waals surface area contributed by atoms with Crippen molar-refractivity contribution in [2.45, 2.75) is 25.9 Å². The number of hydrogen-bond acceptors (Lipinski definition) is 10. The molecule has 0 fully saturated rings. The number of esters is 1. The number of hydrogen-bond donors (Lipinski definition) is 1. The summed E-state index contributed by atoms with van der Waals surface area (Å²) in [4.78, 5) is 38.1. The van der Waals surface area contributed by atoms with Crippen molar-refractivity contribution in [3.05, 3.63) is 29.6 Å². The summed E-state index contributed by atoms with van der Waals surface area (Å²) in [5, 5.41) is 0. The monoisotopic (exact) mass is 401 g/mol. The third-order valence-corrected chi connectivity index (χ3v) is 4.08. The first-order valence-electron chi connectivity index (χ1n) is 9.18. The third-order valence-electron chi connectivity index (χ3n) is 4.08. The van der Waals surface area contributed by atoms with Gasteiger partial charge in [0.05, 0.1) is 19.6 Å². The minimum absolute atomic E-state index is 0.0146. The van der Waals surface area contributed by atoms with Crippen molar-refractivity contribution < 1.29 is 23.8 Å². The van der Waals surface area contributed by atoms with Crippen molar-refractivity contribution in [1.82, 2.24) is 15.0 Å². The van der Waals surface area contributed by atoms with Crippen LogP contribution in [0.15, 0.2) is 18.2 Å². The zero-order chi connectivity index (χ0) is 20.8. The number of ether oxygens (including phenoxy) is 3. The first kappa shape index (κ1) is 20.3. The summed E-state index contributed by atoms with van der Waals surface area (Å²) in [6.45, 7) is 0.966. The number of benzene rings is 1. The van der Waals surface area contributed by atoms with E-state index in [0.29, 0.717) is 36.2 Å². The van der Waals surface area contributed by atoms with Crippen molar-refractivity contribution >= 4 is 23.6 Å². The Balaban J connectivity index is 1.52. The molecule has 0 radical (unpaired) electrons. The van der Waals surface area contributed by atoms with Crippen LogP contribution >= 0.6 is 0 Å². The molecule has 1 aliphatic heterocycles. The van der Waals surface area contributed by atoms with E-state index in [9.17, 15) is 9.59 Å². The topological polar surface area (TPSA) is 130 Å². The number of carbonyl (C=O) groups excluding carboxylic acids is 2. The summed E-state index contributed by atoms with van der Waals surface area (Å²) in [6.07, 6.45) is 0.738. The Labute approximate surface area is 168 Å². The first-order valence-corrected chi connectivity index (χ1v) is 9.18. The number of aromatic nitrogens is 3. The second-order valence-corrected chi connectivity index (χ2v) is 6.60. The Hall–Kier alpha value is -3.43. The zero-order valence-electron chi connectivity index (χ0n) is 16.4. The minimum Gasteiger partial charge on any atom is -0.490 e. The number of nitrogens with two attached hydrogens (primary N) is 1. The van der Waals surface area contributed by atoms with Gasteiger partial charge in [-0.1, -0.05) is 0 Å².